The first kappa shape index (κ1) is 17.2. The van der Waals surface area contributed by atoms with Crippen molar-refractivity contribution in [2.24, 2.45) is 0 Å². The van der Waals surface area contributed by atoms with Crippen LogP contribution in [0.4, 0.5) is 0 Å². The van der Waals surface area contributed by atoms with E-state index in [0.29, 0.717) is 11.6 Å². The van der Waals surface area contributed by atoms with E-state index in [9.17, 15) is 4.79 Å². The molecule has 4 rings (SSSR count). The molecule has 0 radical (unpaired) electrons. The van der Waals surface area contributed by atoms with Gasteiger partial charge in [0.25, 0.3) is 0 Å². The predicted molar refractivity (Wildman–Crippen MR) is 100 cm³/mol. The molecule has 0 aliphatic carbocycles. The number of benzene rings is 1. The van der Waals surface area contributed by atoms with Crippen molar-refractivity contribution in [2.75, 3.05) is 26.7 Å². The van der Waals surface area contributed by atoms with Crippen molar-refractivity contribution in [3.8, 4) is 11.4 Å². The average Bonchev–Trinajstić information content (AvgIpc) is 3.07. The van der Waals surface area contributed by atoms with E-state index >= 15 is 0 Å². The van der Waals surface area contributed by atoms with E-state index in [-0.39, 0.29) is 0 Å². The summed E-state index contributed by atoms with van der Waals surface area (Å²) in [6.45, 7) is 4.31. The highest BCUT2D eigenvalue weighted by molar-refractivity contribution is 5.88. The first-order chi connectivity index (χ1) is 12.6. The third-order valence-corrected chi connectivity index (χ3v) is 5.71. The summed E-state index contributed by atoms with van der Waals surface area (Å²) in [5, 5.41) is 9.03. The number of aromatic carboxylic acids is 1. The molecule has 1 aromatic heterocycles. The molecule has 0 saturated carbocycles. The lowest BCUT2D eigenvalue weighted by molar-refractivity contribution is 0.0697. The molecule has 2 aromatic rings. The summed E-state index contributed by atoms with van der Waals surface area (Å²) >= 11 is 0. The quantitative estimate of drug-likeness (QED) is 0.883. The summed E-state index contributed by atoms with van der Waals surface area (Å²) in [6, 6.07) is 7.57. The standard InChI is InChI=1S/C20H26N4O2/c1-23-10-3-2-4-16(23)12-24-11-9-17-18(13-24)22-19(21-17)14-5-7-15(8-6-14)20(25)26/h5-8,16H,2-4,9-13H2,1H3,(H,21,22)(H,25,26)/t16-/m0/s1. The molecule has 1 fully saturated rings. The van der Waals surface area contributed by atoms with Crippen LogP contribution in [0, 0.1) is 0 Å². The Morgan fingerprint density at radius 3 is 2.81 bits per heavy atom. The van der Waals surface area contributed by atoms with Gasteiger partial charge in [0, 0.05) is 37.7 Å². The van der Waals surface area contributed by atoms with Crippen molar-refractivity contribution in [1.29, 1.82) is 0 Å². The molecule has 0 bridgehead atoms. The van der Waals surface area contributed by atoms with Gasteiger partial charge >= 0.3 is 5.97 Å². The number of aromatic amines is 1. The molecule has 0 unspecified atom stereocenters. The van der Waals surface area contributed by atoms with E-state index in [0.717, 1.165) is 43.1 Å². The van der Waals surface area contributed by atoms with Crippen LogP contribution in [0.5, 0.6) is 0 Å². The van der Waals surface area contributed by atoms with Crippen LogP contribution in [0.2, 0.25) is 0 Å². The van der Waals surface area contributed by atoms with E-state index in [1.54, 1.807) is 12.1 Å². The number of likely N-dealkylation sites (tertiary alicyclic amines) is 1. The Labute approximate surface area is 153 Å². The van der Waals surface area contributed by atoms with Gasteiger partial charge in [-0.05, 0) is 38.6 Å². The zero-order chi connectivity index (χ0) is 18.1. The van der Waals surface area contributed by atoms with Crippen LogP contribution in [-0.4, -0.2) is 63.6 Å². The summed E-state index contributed by atoms with van der Waals surface area (Å²) in [4.78, 5) is 24.2. The summed E-state index contributed by atoms with van der Waals surface area (Å²) in [6.07, 6.45) is 4.93. The van der Waals surface area contributed by atoms with Gasteiger partial charge < -0.3 is 15.0 Å². The number of nitrogens with one attached hydrogen (secondary N) is 1. The fraction of sp³-hybridized carbons (Fsp3) is 0.500. The number of piperidine rings is 1. The van der Waals surface area contributed by atoms with Gasteiger partial charge in [0.15, 0.2) is 0 Å². The molecule has 3 heterocycles. The van der Waals surface area contributed by atoms with Crippen molar-refractivity contribution >= 4 is 5.97 Å². The van der Waals surface area contributed by atoms with Gasteiger partial charge in [-0.3, -0.25) is 4.90 Å². The van der Waals surface area contributed by atoms with Gasteiger partial charge in [-0.15, -0.1) is 0 Å². The third-order valence-electron chi connectivity index (χ3n) is 5.71. The summed E-state index contributed by atoms with van der Waals surface area (Å²) in [5.74, 6) is -0.0674. The number of rotatable bonds is 4. The van der Waals surface area contributed by atoms with Crippen LogP contribution >= 0.6 is 0 Å². The molecular weight excluding hydrogens is 328 g/mol. The Balaban J connectivity index is 1.46. The van der Waals surface area contributed by atoms with Crippen molar-refractivity contribution in [2.45, 2.75) is 38.3 Å². The van der Waals surface area contributed by atoms with Crippen LogP contribution in [0.15, 0.2) is 24.3 Å². The molecule has 0 amide bonds. The van der Waals surface area contributed by atoms with Gasteiger partial charge in [0.1, 0.15) is 5.82 Å². The van der Waals surface area contributed by atoms with Gasteiger partial charge in [-0.2, -0.15) is 0 Å². The minimum absolute atomic E-state index is 0.299. The number of hydrogen-bond acceptors (Lipinski definition) is 4. The number of carbonyl (C=O) groups is 1. The lowest BCUT2D eigenvalue weighted by Gasteiger charge is -2.37. The third kappa shape index (κ3) is 3.52. The van der Waals surface area contributed by atoms with Crippen molar-refractivity contribution in [3.63, 3.8) is 0 Å². The van der Waals surface area contributed by atoms with E-state index in [4.69, 9.17) is 10.1 Å². The van der Waals surface area contributed by atoms with Crippen LogP contribution in [0.1, 0.15) is 41.0 Å². The Morgan fingerprint density at radius 1 is 1.27 bits per heavy atom. The largest absolute Gasteiger partial charge is 0.478 e. The molecule has 0 spiro atoms. The van der Waals surface area contributed by atoms with E-state index in [1.807, 2.05) is 12.1 Å². The highest BCUT2D eigenvalue weighted by Gasteiger charge is 2.25. The Bertz CT molecular complexity index is 784. The number of hydrogen-bond donors (Lipinski definition) is 2. The van der Waals surface area contributed by atoms with Crippen LogP contribution < -0.4 is 0 Å². The Morgan fingerprint density at radius 2 is 2.08 bits per heavy atom. The lowest BCUT2D eigenvalue weighted by atomic mass is 10.0. The van der Waals surface area contributed by atoms with Crippen LogP contribution in [0.25, 0.3) is 11.4 Å². The first-order valence-electron chi connectivity index (χ1n) is 9.44. The normalized spacial score (nSPS) is 21.5. The molecule has 6 nitrogen and oxygen atoms in total. The minimum Gasteiger partial charge on any atom is -0.478 e. The van der Waals surface area contributed by atoms with Crippen molar-refractivity contribution < 1.29 is 9.90 Å². The van der Waals surface area contributed by atoms with Crippen molar-refractivity contribution in [3.05, 3.63) is 41.2 Å². The molecule has 26 heavy (non-hydrogen) atoms. The summed E-state index contributed by atoms with van der Waals surface area (Å²) in [5.41, 5.74) is 3.58. The van der Waals surface area contributed by atoms with E-state index in [1.165, 1.54) is 31.5 Å². The number of aromatic nitrogens is 2. The summed E-state index contributed by atoms with van der Waals surface area (Å²) in [7, 11) is 2.24. The number of carboxylic acid groups (broad SMARTS) is 1. The minimum atomic E-state index is -0.904. The first-order valence-corrected chi connectivity index (χ1v) is 9.44. The second-order valence-electron chi connectivity index (χ2n) is 7.51. The van der Waals surface area contributed by atoms with E-state index < -0.39 is 5.97 Å². The molecule has 138 valence electrons. The number of imidazole rings is 1. The topological polar surface area (TPSA) is 72.5 Å². The molecule has 1 saturated heterocycles. The second kappa shape index (κ2) is 7.21. The lowest BCUT2D eigenvalue weighted by Crippen LogP contribution is -2.46. The fourth-order valence-electron chi connectivity index (χ4n) is 4.09. The van der Waals surface area contributed by atoms with Crippen molar-refractivity contribution in [1.82, 2.24) is 19.8 Å². The molecule has 1 aromatic carbocycles. The Hall–Kier alpha value is -2.18. The molecule has 2 N–H and O–H groups in total. The zero-order valence-corrected chi connectivity index (χ0v) is 15.2. The number of carboxylic acids is 1. The highest BCUT2D eigenvalue weighted by atomic mass is 16.4. The maximum absolute atomic E-state index is 11.0. The zero-order valence-electron chi connectivity index (χ0n) is 15.2. The van der Waals surface area contributed by atoms with Gasteiger partial charge in [-0.25, -0.2) is 9.78 Å². The SMILES string of the molecule is CN1CCCC[C@H]1CN1CCc2nc(-c3ccc(C(=O)O)cc3)[nH]c2C1. The molecule has 6 heteroatoms. The van der Waals surface area contributed by atoms with Gasteiger partial charge in [0.05, 0.1) is 17.0 Å². The average molecular weight is 354 g/mol. The molecule has 2 aliphatic heterocycles. The molecule has 2 aliphatic rings. The summed E-state index contributed by atoms with van der Waals surface area (Å²) < 4.78 is 0. The predicted octanol–water partition coefficient (Wildman–Crippen LogP) is 2.62. The number of H-pyrrole nitrogens is 1. The van der Waals surface area contributed by atoms with Crippen LogP contribution in [0.3, 0.4) is 0 Å². The second-order valence-corrected chi connectivity index (χ2v) is 7.51. The fourth-order valence-corrected chi connectivity index (χ4v) is 4.09. The van der Waals surface area contributed by atoms with E-state index in [2.05, 4.69) is 21.8 Å². The van der Waals surface area contributed by atoms with Crippen LogP contribution in [-0.2, 0) is 13.0 Å². The monoisotopic (exact) mass is 354 g/mol. The molecular formula is C20H26N4O2. The number of nitrogens with zero attached hydrogens (tertiary/aromatic N) is 3. The number of fused-ring (bicyclic) bond motifs is 1. The molecule has 1 atom stereocenters. The maximum atomic E-state index is 11.0. The maximum Gasteiger partial charge on any atom is 0.335 e. The number of likely N-dealkylation sites (N-methyl/N-ethyl adjacent to an activating group) is 1. The van der Waals surface area contributed by atoms with Gasteiger partial charge in [-0.1, -0.05) is 18.6 Å². The smallest absolute Gasteiger partial charge is 0.335 e. The Kier molecular flexibility index (Phi) is 4.78. The highest BCUT2D eigenvalue weighted by Crippen LogP contribution is 2.24. The van der Waals surface area contributed by atoms with Gasteiger partial charge in [0.2, 0.25) is 0 Å².